The second-order valence-electron chi connectivity index (χ2n) is 3.76. The fraction of sp³-hybridized carbons (Fsp3) is 0.273. The topological polar surface area (TPSA) is 92.6 Å². The zero-order valence-corrected chi connectivity index (χ0v) is 10.3. The van der Waals surface area contributed by atoms with Gasteiger partial charge in [-0.1, -0.05) is 0 Å². The summed E-state index contributed by atoms with van der Waals surface area (Å²) in [5, 5.41) is 12.8. The fourth-order valence-electron chi connectivity index (χ4n) is 1.37. The number of benzene rings is 1. The van der Waals surface area contributed by atoms with Crippen LogP contribution in [0.3, 0.4) is 0 Å². The van der Waals surface area contributed by atoms with Crippen LogP contribution in [-0.4, -0.2) is 42.3 Å². The standard InChI is InChI=1S/C11H12FN3O4/c1-13-10(16)6-14(2)11(17)7-3-4-9(15(18)19)8(12)5-7/h3-5H,6H2,1-2H3,(H,13,16). The van der Waals surface area contributed by atoms with Crippen LogP contribution < -0.4 is 5.32 Å². The second kappa shape index (κ2) is 5.89. The van der Waals surface area contributed by atoms with Crippen molar-refractivity contribution in [3.63, 3.8) is 0 Å². The fourth-order valence-corrected chi connectivity index (χ4v) is 1.37. The van der Waals surface area contributed by atoms with E-state index in [2.05, 4.69) is 5.32 Å². The highest BCUT2D eigenvalue weighted by atomic mass is 19.1. The first-order chi connectivity index (χ1) is 8.86. The molecule has 0 fully saturated rings. The molecule has 0 atom stereocenters. The molecule has 0 radical (unpaired) electrons. The summed E-state index contributed by atoms with van der Waals surface area (Å²) in [5.41, 5.74) is -0.764. The highest BCUT2D eigenvalue weighted by Crippen LogP contribution is 2.18. The molecule has 0 aliphatic rings. The summed E-state index contributed by atoms with van der Waals surface area (Å²) in [5.74, 6) is -2.07. The summed E-state index contributed by atoms with van der Waals surface area (Å²) in [6.45, 7) is -0.187. The van der Waals surface area contributed by atoms with Gasteiger partial charge in [-0.15, -0.1) is 0 Å². The number of carbonyl (C=O) groups is 2. The third kappa shape index (κ3) is 3.47. The van der Waals surface area contributed by atoms with Gasteiger partial charge in [0.15, 0.2) is 0 Å². The molecule has 2 amide bonds. The highest BCUT2D eigenvalue weighted by Gasteiger charge is 2.19. The van der Waals surface area contributed by atoms with Crippen LogP contribution in [0, 0.1) is 15.9 Å². The molecule has 0 aliphatic carbocycles. The molecule has 7 nitrogen and oxygen atoms in total. The number of nitro benzene ring substituents is 1. The van der Waals surface area contributed by atoms with Crippen LogP contribution in [0.2, 0.25) is 0 Å². The molecule has 0 aliphatic heterocycles. The molecule has 1 N–H and O–H groups in total. The maximum absolute atomic E-state index is 13.4. The monoisotopic (exact) mass is 269 g/mol. The number of rotatable bonds is 4. The highest BCUT2D eigenvalue weighted by molar-refractivity contribution is 5.96. The molecule has 1 rings (SSSR count). The molecule has 0 unspecified atom stereocenters. The second-order valence-corrected chi connectivity index (χ2v) is 3.76. The van der Waals surface area contributed by atoms with Crippen molar-refractivity contribution >= 4 is 17.5 Å². The minimum Gasteiger partial charge on any atom is -0.358 e. The third-order valence-electron chi connectivity index (χ3n) is 2.40. The van der Waals surface area contributed by atoms with E-state index in [1.54, 1.807) is 0 Å². The van der Waals surface area contributed by atoms with Gasteiger partial charge in [0.1, 0.15) is 0 Å². The van der Waals surface area contributed by atoms with Crippen LogP contribution in [0.15, 0.2) is 18.2 Å². The lowest BCUT2D eigenvalue weighted by atomic mass is 10.1. The number of hydrogen-bond donors (Lipinski definition) is 1. The first-order valence-electron chi connectivity index (χ1n) is 5.26. The van der Waals surface area contributed by atoms with E-state index in [0.717, 1.165) is 23.1 Å². The Balaban J connectivity index is 2.92. The maximum atomic E-state index is 13.4. The van der Waals surface area contributed by atoms with Crippen molar-refractivity contribution in [2.45, 2.75) is 0 Å². The van der Waals surface area contributed by atoms with Crippen molar-refractivity contribution in [2.24, 2.45) is 0 Å². The summed E-state index contributed by atoms with van der Waals surface area (Å²) in [4.78, 5) is 33.6. The summed E-state index contributed by atoms with van der Waals surface area (Å²) < 4.78 is 13.4. The third-order valence-corrected chi connectivity index (χ3v) is 2.40. The van der Waals surface area contributed by atoms with Crippen LogP contribution in [-0.2, 0) is 4.79 Å². The Morgan fingerprint density at radius 1 is 1.47 bits per heavy atom. The lowest BCUT2D eigenvalue weighted by Gasteiger charge is -2.15. The van der Waals surface area contributed by atoms with Crippen LogP contribution in [0.1, 0.15) is 10.4 Å². The molecule has 0 saturated carbocycles. The van der Waals surface area contributed by atoms with Gasteiger partial charge in [-0.25, -0.2) is 0 Å². The number of amides is 2. The lowest BCUT2D eigenvalue weighted by Crippen LogP contribution is -2.36. The summed E-state index contributed by atoms with van der Waals surface area (Å²) >= 11 is 0. The van der Waals surface area contributed by atoms with Gasteiger partial charge >= 0.3 is 5.69 Å². The normalized spacial score (nSPS) is 9.84. The number of nitrogens with one attached hydrogen (secondary N) is 1. The Bertz CT molecular complexity index is 533. The van der Waals surface area contributed by atoms with E-state index in [-0.39, 0.29) is 18.0 Å². The van der Waals surface area contributed by atoms with E-state index in [1.165, 1.54) is 14.1 Å². The van der Waals surface area contributed by atoms with Crippen molar-refractivity contribution in [3.05, 3.63) is 39.7 Å². The first-order valence-corrected chi connectivity index (χ1v) is 5.26. The Morgan fingerprint density at radius 2 is 2.11 bits per heavy atom. The SMILES string of the molecule is CNC(=O)CN(C)C(=O)c1ccc([N+](=O)[O-])c(F)c1. The van der Waals surface area contributed by atoms with Gasteiger partial charge in [0.25, 0.3) is 5.91 Å². The largest absolute Gasteiger partial charge is 0.358 e. The van der Waals surface area contributed by atoms with Gasteiger partial charge in [-0.2, -0.15) is 4.39 Å². The summed E-state index contributed by atoms with van der Waals surface area (Å²) in [6, 6.07) is 2.83. The van der Waals surface area contributed by atoms with Gasteiger partial charge in [0.2, 0.25) is 11.7 Å². The van der Waals surface area contributed by atoms with E-state index < -0.39 is 22.3 Å². The molecule has 0 aromatic heterocycles. The molecule has 1 aromatic rings. The Kier molecular flexibility index (Phi) is 4.51. The van der Waals surface area contributed by atoms with E-state index in [4.69, 9.17) is 0 Å². The zero-order chi connectivity index (χ0) is 14.6. The van der Waals surface area contributed by atoms with Crippen LogP contribution >= 0.6 is 0 Å². The van der Waals surface area contributed by atoms with Gasteiger partial charge in [0.05, 0.1) is 11.5 Å². The number of nitrogens with zero attached hydrogens (tertiary/aromatic N) is 2. The average molecular weight is 269 g/mol. The zero-order valence-electron chi connectivity index (χ0n) is 10.3. The number of hydrogen-bond acceptors (Lipinski definition) is 4. The Labute approximate surface area is 108 Å². The number of likely N-dealkylation sites (N-methyl/N-ethyl adjacent to an activating group) is 2. The molecule has 0 heterocycles. The summed E-state index contributed by atoms with van der Waals surface area (Å²) in [7, 11) is 2.79. The number of nitro groups is 1. The van der Waals surface area contributed by atoms with Crippen LogP contribution in [0.4, 0.5) is 10.1 Å². The van der Waals surface area contributed by atoms with Crippen molar-refractivity contribution in [1.82, 2.24) is 10.2 Å². The molecular weight excluding hydrogens is 257 g/mol. The smallest absolute Gasteiger partial charge is 0.304 e. The van der Waals surface area contributed by atoms with Gasteiger partial charge in [0, 0.05) is 25.7 Å². The number of carbonyl (C=O) groups excluding carboxylic acids is 2. The van der Waals surface area contributed by atoms with Crippen molar-refractivity contribution in [1.29, 1.82) is 0 Å². The van der Waals surface area contributed by atoms with Crippen molar-refractivity contribution < 1.29 is 18.9 Å². The van der Waals surface area contributed by atoms with E-state index >= 15 is 0 Å². The van der Waals surface area contributed by atoms with Gasteiger partial charge in [-0.05, 0) is 12.1 Å². The molecule has 19 heavy (non-hydrogen) atoms. The molecule has 8 heteroatoms. The Morgan fingerprint density at radius 3 is 2.58 bits per heavy atom. The predicted octanol–water partition coefficient (Wildman–Crippen LogP) is 0.552. The quantitative estimate of drug-likeness (QED) is 0.638. The molecule has 1 aromatic carbocycles. The molecule has 0 spiro atoms. The van der Waals surface area contributed by atoms with Crippen molar-refractivity contribution in [3.8, 4) is 0 Å². The Hall–Kier alpha value is -2.51. The van der Waals surface area contributed by atoms with Gasteiger partial charge in [-0.3, -0.25) is 19.7 Å². The minimum absolute atomic E-state index is 0.0606. The lowest BCUT2D eigenvalue weighted by molar-refractivity contribution is -0.387. The minimum atomic E-state index is -1.09. The van der Waals surface area contributed by atoms with E-state index in [9.17, 15) is 24.1 Å². The van der Waals surface area contributed by atoms with Gasteiger partial charge < -0.3 is 10.2 Å². The predicted molar refractivity (Wildman–Crippen MR) is 64.1 cm³/mol. The summed E-state index contributed by atoms with van der Waals surface area (Å²) in [6.07, 6.45) is 0. The maximum Gasteiger partial charge on any atom is 0.304 e. The molecule has 102 valence electrons. The molecule has 0 bridgehead atoms. The molecule has 0 saturated heterocycles. The molecular formula is C11H12FN3O4. The first kappa shape index (κ1) is 14.6. The van der Waals surface area contributed by atoms with Crippen molar-refractivity contribution in [2.75, 3.05) is 20.6 Å². The van der Waals surface area contributed by atoms with Crippen LogP contribution in [0.5, 0.6) is 0 Å². The average Bonchev–Trinajstić information content (AvgIpc) is 2.36. The number of halogens is 1. The van der Waals surface area contributed by atoms with E-state index in [1.807, 2.05) is 0 Å². The van der Waals surface area contributed by atoms with Crippen LogP contribution in [0.25, 0.3) is 0 Å². The van der Waals surface area contributed by atoms with E-state index in [0.29, 0.717) is 0 Å².